The maximum absolute atomic E-state index is 11.3. The molecule has 0 aromatic carbocycles. The minimum Gasteiger partial charge on any atom is -0.338 e. The van der Waals surface area contributed by atoms with E-state index < -0.39 is 0 Å². The molecule has 0 bridgehead atoms. The van der Waals surface area contributed by atoms with Crippen LogP contribution in [0.25, 0.3) is 0 Å². The highest BCUT2D eigenvalue weighted by molar-refractivity contribution is 5.73. The summed E-state index contributed by atoms with van der Waals surface area (Å²) >= 11 is 0. The van der Waals surface area contributed by atoms with E-state index >= 15 is 0 Å². The van der Waals surface area contributed by atoms with Crippen LogP contribution in [0.4, 0.5) is 4.79 Å². The summed E-state index contributed by atoms with van der Waals surface area (Å²) in [7, 11) is 3.52. The molecule has 1 heterocycles. The molecular formula is C10H21N3O. The summed E-state index contributed by atoms with van der Waals surface area (Å²) in [4.78, 5) is 12.8. The third-order valence-electron chi connectivity index (χ3n) is 2.88. The second-order valence-corrected chi connectivity index (χ2v) is 4.31. The summed E-state index contributed by atoms with van der Waals surface area (Å²) in [5, 5.41) is 6.26. The lowest BCUT2D eigenvalue weighted by Crippen LogP contribution is -2.38. The quantitative estimate of drug-likeness (QED) is 0.695. The van der Waals surface area contributed by atoms with E-state index in [1.54, 1.807) is 19.0 Å². The predicted molar refractivity (Wildman–Crippen MR) is 57.2 cm³/mol. The van der Waals surface area contributed by atoms with Gasteiger partial charge in [0.15, 0.2) is 0 Å². The third kappa shape index (κ3) is 3.18. The van der Waals surface area contributed by atoms with E-state index in [4.69, 9.17) is 0 Å². The molecule has 4 heteroatoms. The van der Waals surface area contributed by atoms with Crippen molar-refractivity contribution in [1.29, 1.82) is 0 Å². The van der Waals surface area contributed by atoms with Gasteiger partial charge in [-0.3, -0.25) is 0 Å². The SMILES string of the molecule is CC(CNC(=O)N(C)C)C1CCNC1. The summed E-state index contributed by atoms with van der Waals surface area (Å²) in [6, 6.07) is 0.00260. The van der Waals surface area contributed by atoms with Crippen LogP contribution in [-0.2, 0) is 0 Å². The minimum atomic E-state index is 0.00260. The molecule has 0 aromatic rings. The fourth-order valence-corrected chi connectivity index (χ4v) is 1.74. The van der Waals surface area contributed by atoms with Gasteiger partial charge in [0, 0.05) is 20.6 Å². The van der Waals surface area contributed by atoms with Crippen molar-refractivity contribution < 1.29 is 4.79 Å². The Morgan fingerprint density at radius 1 is 1.64 bits per heavy atom. The average Bonchev–Trinajstić information content (AvgIpc) is 2.66. The molecule has 2 atom stereocenters. The van der Waals surface area contributed by atoms with E-state index in [0.29, 0.717) is 5.92 Å². The Morgan fingerprint density at radius 2 is 2.36 bits per heavy atom. The third-order valence-corrected chi connectivity index (χ3v) is 2.88. The van der Waals surface area contributed by atoms with Crippen LogP contribution in [0.5, 0.6) is 0 Å². The number of carbonyl (C=O) groups excluding carboxylic acids is 1. The number of nitrogens with one attached hydrogen (secondary N) is 2. The van der Waals surface area contributed by atoms with Gasteiger partial charge >= 0.3 is 6.03 Å². The number of hydrogen-bond acceptors (Lipinski definition) is 2. The monoisotopic (exact) mass is 199 g/mol. The maximum atomic E-state index is 11.3. The van der Waals surface area contributed by atoms with Gasteiger partial charge in [0.2, 0.25) is 0 Å². The number of amides is 2. The van der Waals surface area contributed by atoms with Crippen molar-refractivity contribution in [3.8, 4) is 0 Å². The number of nitrogens with zero attached hydrogens (tertiary/aromatic N) is 1. The van der Waals surface area contributed by atoms with E-state index in [2.05, 4.69) is 17.6 Å². The molecule has 4 nitrogen and oxygen atoms in total. The Morgan fingerprint density at radius 3 is 2.86 bits per heavy atom. The van der Waals surface area contributed by atoms with Crippen molar-refractivity contribution in [3.63, 3.8) is 0 Å². The largest absolute Gasteiger partial charge is 0.338 e. The lowest BCUT2D eigenvalue weighted by atomic mass is 9.93. The van der Waals surface area contributed by atoms with Gasteiger partial charge in [0.25, 0.3) is 0 Å². The molecule has 1 rings (SSSR count). The lowest BCUT2D eigenvalue weighted by molar-refractivity contribution is 0.213. The summed E-state index contributed by atoms with van der Waals surface area (Å²) < 4.78 is 0. The van der Waals surface area contributed by atoms with Crippen molar-refractivity contribution >= 4 is 6.03 Å². The number of hydrogen-bond donors (Lipinski definition) is 2. The molecule has 82 valence electrons. The van der Waals surface area contributed by atoms with E-state index in [-0.39, 0.29) is 6.03 Å². The van der Waals surface area contributed by atoms with Gasteiger partial charge in [0.05, 0.1) is 0 Å². The first kappa shape index (κ1) is 11.3. The van der Waals surface area contributed by atoms with Crippen LogP contribution in [-0.4, -0.2) is 44.7 Å². The van der Waals surface area contributed by atoms with Crippen molar-refractivity contribution in [2.75, 3.05) is 33.7 Å². The standard InChI is InChI=1S/C10H21N3O/c1-8(9-4-5-11-7-9)6-12-10(14)13(2)3/h8-9,11H,4-7H2,1-3H3,(H,12,14). The molecule has 1 saturated heterocycles. The molecule has 1 aliphatic heterocycles. The van der Waals surface area contributed by atoms with Crippen LogP contribution >= 0.6 is 0 Å². The molecule has 0 radical (unpaired) electrons. The highest BCUT2D eigenvalue weighted by Gasteiger charge is 2.21. The fourth-order valence-electron chi connectivity index (χ4n) is 1.74. The summed E-state index contributed by atoms with van der Waals surface area (Å²) in [5.74, 6) is 1.28. The van der Waals surface area contributed by atoms with Gasteiger partial charge in [-0.25, -0.2) is 4.79 Å². The van der Waals surface area contributed by atoms with Crippen LogP contribution in [0.1, 0.15) is 13.3 Å². The van der Waals surface area contributed by atoms with Gasteiger partial charge in [-0.05, 0) is 31.3 Å². The zero-order valence-electron chi connectivity index (χ0n) is 9.34. The maximum Gasteiger partial charge on any atom is 0.316 e. The summed E-state index contributed by atoms with van der Waals surface area (Å²) in [5.41, 5.74) is 0. The first-order valence-corrected chi connectivity index (χ1v) is 5.27. The van der Waals surface area contributed by atoms with E-state index in [1.165, 1.54) is 6.42 Å². The minimum absolute atomic E-state index is 0.00260. The van der Waals surface area contributed by atoms with Crippen molar-refractivity contribution in [1.82, 2.24) is 15.5 Å². The molecule has 2 unspecified atom stereocenters. The lowest BCUT2D eigenvalue weighted by Gasteiger charge is -2.20. The first-order valence-electron chi connectivity index (χ1n) is 5.27. The van der Waals surface area contributed by atoms with Crippen molar-refractivity contribution in [2.24, 2.45) is 11.8 Å². The Labute approximate surface area is 86.0 Å². The Kier molecular flexibility index (Phi) is 4.20. The second-order valence-electron chi connectivity index (χ2n) is 4.31. The van der Waals surface area contributed by atoms with Gasteiger partial charge in [0.1, 0.15) is 0 Å². The van der Waals surface area contributed by atoms with Crippen LogP contribution in [0.15, 0.2) is 0 Å². The Bertz CT molecular complexity index is 188. The first-order chi connectivity index (χ1) is 6.61. The smallest absolute Gasteiger partial charge is 0.316 e. The zero-order valence-corrected chi connectivity index (χ0v) is 9.34. The molecule has 14 heavy (non-hydrogen) atoms. The molecule has 1 fully saturated rings. The molecule has 2 N–H and O–H groups in total. The Balaban J connectivity index is 2.20. The summed E-state index contributed by atoms with van der Waals surface area (Å²) in [6.45, 7) is 5.20. The summed E-state index contributed by atoms with van der Waals surface area (Å²) in [6.07, 6.45) is 1.24. The van der Waals surface area contributed by atoms with E-state index in [0.717, 1.165) is 25.6 Å². The fraction of sp³-hybridized carbons (Fsp3) is 0.900. The van der Waals surface area contributed by atoms with E-state index in [1.807, 2.05) is 0 Å². The van der Waals surface area contributed by atoms with Gasteiger partial charge in [-0.15, -0.1) is 0 Å². The molecule has 1 aliphatic rings. The topological polar surface area (TPSA) is 44.4 Å². The van der Waals surface area contributed by atoms with E-state index in [9.17, 15) is 4.79 Å². The van der Waals surface area contributed by atoms with Gasteiger partial charge in [-0.1, -0.05) is 6.92 Å². The number of rotatable bonds is 3. The highest BCUT2D eigenvalue weighted by Crippen LogP contribution is 2.17. The number of urea groups is 1. The van der Waals surface area contributed by atoms with Crippen molar-refractivity contribution in [3.05, 3.63) is 0 Å². The normalized spacial score (nSPS) is 23.2. The molecule has 0 aliphatic carbocycles. The van der Waals surface area contributed by atoms with Crippen LogP contribution in [0.3, 0.4) is 0 Å². The second kappa shape index (κ2) is 5.20. The zero-order chi connectivity index (χ0) is 10.6. The molecule has 0 spiro atoms. The molecule has 2 amide bonds. The van der Waals surface area contributed by atoms with Crippen LogP contribution in [0.2, 0.25) is 0 Å². The molecular weight excluding hydrogens is 178 g/mol. The molecule has 0 saturated carbocycles. The molecule has 0 aromatic heterocycles. The van der Waals surface area contributed by atoms with Crippen LogP contribution in [0, 0.1) is 11.8 Å². The average molecular weight is 199 g/mol. The van der Waals surface area contributed by atoms with Gasteiger partial charge in [-0.2, -0.15) is 0 Å². The predicted octanol–water partition coefficient (Wildman–Crippen LogP) is 0.503. The number of carbonyl (C=O) groups is 1. The van der Waals surface area contributed by atoms with Crippen LogP contribution < -0.4 is 10.6 Å². The van der Waals surface area contributed by atoms with Crippen molar-refractivity contribution in [2.45, 2.75) is 13.3 Å². The highest BCUT2D eigenvalue weighted by atomic mass is 16.2. The Hall–Kier alpha value is -0.770. The van der Waals surface area contributed by atoms with Gasteiger partial charge < -0.3 is 15.5 Å².